The van der Waals surface area contributed by atoms with Crippen LogP contribution in [0.4, 0.5) is 0 Å². The van der Waals surface area contributed by atoms with E-state index in [4.69, 9.17) is 5.73 Å². The Morgan fingerprint density at radius 1 is 1.38 bits per heavy atom. The van der Waals surface area contributed by atoms with Gasteiger partial charge in [-0.3, -0.25) is 4.79 Å². The number of hydrogen-bond acceptors (Lipinski definition) is 2. The van der Waals surface area contributed by atoms with Gasteiger partial charge in [0.1, 0.15) is 0 Å². The van der Waals surface area contributed by atoms with Gasteiger partial charge in [-0.2, -0.15) is 0 Å². The summed E-state index contributed by atoms with van der Waals surface area (Å²) in [5.41, 5.74) is 5.79. The first-order chi connectivity index (χ1) is 7.70. The van der Waals surface area contributed by atoms with Crippen molar-refractivity contribution in [3.8, 4) is 0 Å². The number of rotatable bonds is 4. The van der Waals surface area contributed by atoms with Crippen molar-refractivity contribution in [2.24, 2.45) is 29.4 Å². The van der Waals surface area contributed by atoms with Gasteiger partial charge in [0.2, 0.25) is 5.91 Å². The second-order valence-electron chi connectivity index (χ2n) is 5.95. The van der Waals surface area contributed by atoms with Crippen molar-refractivity contribution in [3.63, 3.8) is 0 Å². The molecule has 90 valence electrons. The second-order valence-corrected chi connectivity index (χ2v) is 5.95. The Kier molecular flexibility index (Phi) is 2.46. The van der Waals surface area contributed by atoms with Gasteiger partial charge in [0.05, 0.1) is 0 Å². The van der Waals surface area contributed by atoms with Crippen molar-refractivity contribution in [1.82, 2.24) is 5.32 Å². The molecule has 3 rings (SSSR count). The van der Waals surface area contributed by atoms with Crippen molar-refractivity contribution >= 4 is 5.91 Å². The highest BCUT2D eigenvalue weighted by Gasteiger charge is 2.65. The molecule has 3 aliphatic carbocycles. The van der Waals surface area contributed by atoms with Crippen LogP contribution in [0, 0.1) is 23.7 Å². The molecule has 0 heterocycles. The summed E-state index contributed by atoms with van der Waals surface area (Å²) >= 11 is 0. The lowest BCUT2D eigenvalue weighted by Gasteiger charge is -2.12. The van der Waals surface area contributed by atoms with Crippen LogP contribution in [0.3, 0.4) is 0 Å². The monoisotopic (exact) mass is 222 g/mol. The van der Waals surface area contributed by atoms with Gasteiger partial charge in [-0.05, 0) is 49.4 Å². The lowest BCUT2D eigenvalue weighted by molar-refractivity contribution is -0.121. The first kappa shape index (κ1) is 10.6. The quantitative estimate of drug-likeness (QED) is 0.752. The van der Waals surface area contributed by atoms with Crippen molar-refractivity contribution < 1.29 is 4.79 Å². The van der Waals surface area contributed by atoms with Gasteiger partial charge in [-0.25, -0.2) is 0 Å². The molecular weight excluding hydrogens is 200 g/mol. The van der Waals surface area contributed by atoms with Gasteiger partial charge >= 0.3 is 0 Å². The van der Waals surface area contributed by atoms with Crippen LogP contribution in [-0.2, 0) is 4.79 Å². The Labute approximate surface area is 97.2 Å². The zero-order chi connectivity index (χ0) is 11.3. The van der Waals surface area contributed by atoms with Gasteiger partial charge in [0.25, 0.3) is 0 Å². The van der Waals surface area contributed by atoms with E-state index in [0.29, 0.717) is 12.5 Å². The predicted octanol–water partition coefficient (Wildman–Crippen LogP) is 1.27. The highest BCUT2D eigenvalue weighted by molar-refractivity contribution is 5.77. The third-order valence-corrected chi connectivity index (χ3v) is 5.03. The van der Waals surface area contributed by atoms with Gasteiger partial charge < -0.3 is 11.1 Å². The normalized spacial score (nSPS) is 45.2. The molecule has 16 heavy (non-hydrogen) atoms. The average molecular weight is 222 g/mol. The SMILES string of the molecule is CCC(N)CC(=O)NC1C2C3CCC(C3)C12. The number of nitrogens with one attached hydrogen (secondary N) is 1. The van der Waals surface area contributed by atoms with Crippen LogP contribution < -0.4 is 11.1 Å². The molecule has 2 bridgehead atoms. The maximum Gasteiger partial charge on any atom is 0.221 e. The van der Waals surface area contributed by atoms with E-state index in [-0.39, 0.29) is 11.9 Å². The summed E-state index contributed by atoms with van der Waals surface area (Å²) in [6.45, 7) is 2.03. The van der Waals surface area contributed by atoms with Crippen molar-refractivity contribution in [3.05, 3.63) is 0 Å². The van der Waals surface area contributed by atoms with Crippen LogP contribution in [0.1, 0.15) is 39.0 Å². The Bertz CT molecular complexity index is 288. The van der Waals surface area contributed by atoms with E-state index in [1.807, 2.05) is 6.92 Å². The minimum absolute atomic E-state index is 0.0373. The fourth-order valence-corrected chi connectivity index (χ4v) is 4.15. The fourth-order valence-electron chi connectivity index (χ4n) is 4.15. The van der Waals surface area contributed by atoms with Crippen LogP contribution in [0.5, 0.6) is 0 Å². The van der Waals surface area contributed by atoms with E-state index in [9.17, 15) is 4.79 Å². The zero-order valence-corrected chi connectivity index (χ0v) is 9.99. The third kappa shape index (κ3) is 1.56. The summed E-state index contributed by atoms with van der Waals surface area (Å²) in [5.74, 6) is 3.70. The highest BCUT2D eigenvalue weighted by atomic mass is 16.1. The summed E-state index contributed by atoms with van der Waals surface area (Å²) in [4.78, 5) is 11.7. The van der Waals surface area contributed by atoms with Crippen LogP contribution in [0.2, 0.25) is 0 Å². The van der Waals surface area contributed by atoms with Crippen LogP contribution in [-0.4, -0.2) is 18.0 Å². The molecule has 3 nitrogen and oxygen atoms in total. The fraction of sp³-hybridized carbons (Fsp3) is 0.923. The molecule has 3 fully saturated rings. The maximum atomic E-state index is 11.7. The zero-order valence-electron chi connectivity index (χ0n) is 9.99. The number of hydrogen-bond donors (Lipinski definition) is 2. The maximum absolute atomic E-state index is 11.7. The molecular formula is C13H22N2O. The minimum atomic E-state index is 0.0373. The predicted molar refractivity (Wildman–Crippen MR) is 62.6 cm³/mol. The molecule has 0 aliphatic heterocycles. The van der Waals surface area contributed by atoms with Gasteiger partial charge in [0, 0.05) is 18.5 Å². The molecule has 1 amide bonds. The van der Waals surface area contributed by atoms with Crippen LogP contribution in [0.15, 0.2) is 0 Å². The molecule has 0 saturated heterocycles. The van der Waals surface area contributed by atoms with E-state index in [0.717, 1.165) is 30.1 Å². The molecule has 5 unspecified atom stereocenters. The smallest absolute Gasteiger partial charge is 0.221 e. The first-order valence-electron chi connectivity index (χ1n) is 6.75. The lowest BCUT2D eigenvalue weighted by atomic mass is 10.0. The molecule has 0 radical (unpaired) electrons. The molecule has 0 aromatic rings. The Morgan fingerprint density at radius 2 is 2.00 bits per heavy atom. The average Bonchev–Trinajstić information content (AvgIpc) is 2.69. The summed E-state index contributed by atoms with van der Waals surface area (Å²) in [6.07, 6.45) is 5.65. The van der Waals surface area contributed by atoms with E-state index in [1.165, 1.54) is 19.3 Å². The number of carbonyl (C=O) groups excluding carboxylic acids is 1. The highest BCUT2D eigenvalue weighted by Crippen LogP contribution is 2.65. The van der Waals surface area contributed by atoms with E-state index in [2.05, 4.69) is 5.32 Å². The number of fused-ring (bicyclic) bond motifs is 5. The minimum Gasteiger partial charge on any atom is -0.353 e. The van der Waals surface area contributed by atoms with E-state index in [1.54, 1.807) is 0 Å². The second kappa shape index (κ2) is 3.73. The van der Waals surface area contributed by atoms with Gasteiger partial charge in [-0.15, -0.1) is 0 Å². The molecule has 5 atom stereocenters. The summed E-state index contributed by atoms with van der Waals surface area (Å²) in [5, 5.41) is 3.20. The van der Waals surface area contributed by atoms with E-state index >= 15 is 0 Å². The first-order valence-corrected chi connectivity index (χ1v) is 6.75. The number of nitrogens with two attached hydrogens (primary N) is 1. The summed E-state index contributed by atoms with van der Waals surface area (Å²) in [6, 6.07) is 0.554. The lowest BCUT2D eigenvalue weighted by Crippen LogP contribution is -2.34. The largest absolute Gasteiger partial charge is 0.353 e. The Morgan fingerprint density at radius 3 is 2.56 bits per heavy atom. The Balaban J connectivity index is 1.49. The van der Waals surface area contributed by atoms with Crippen molar-refractivity contribution in [1.29, 1.82) is 0 Å². The molecule has 3 heteroatoms. The molecule has 3 N–H and O–H groups in total. The number of carbonyl (C=O) groups is 1. The molecule has 0 spiro atoms. The van der Waals surface area contributed by atoms with Crippen molar-refractivity contribution in [2.75, 3.05) is 0 Å². The topological polar surface area (TPSA) is 55.1 Å². The molecule has 0 aromatic heterocycles. The third-order valence-electron chi connectivity index (χ3n) is 5.03. The van der Waals surface area contributed by atoms with E-state index < -0.39 is 0 Å². The Hall–Kier alpha value is -0.570. The standard InChI is InChI=1S/C13H22N2O/c1-2-9(14)6-10(16)15-13-11-7-3-4-8(5-7)12(11)13/h7-9,11-13H,2-6,14H2,1H3,(H,15,16). The number of amides is 1. The van der Waals surface area contributed by atoms with Crippen molar-refractivity contribution in [2.45, 2.75) is 51.1 Å². The van der Waals surface area contributed by atoms with Gasteiger partial charge in [0.15, 0.2) is 0 Å². The van der Waals surface area contributed by atoms with Gasteiger partial charge in [-0.1, -0.05) is 6.92 Å². The molecule has 3 saturated carbocycles. The molecule has 3 aliphatic rings. The molecule has 0 aromatic carbocycles. The van der Waals surface area contributed by atoms with Crippen LogP contribution >= 0.6 is 0 Å². The summed E-state index contributed by atoms with van der Waals surface area (Å²) < 4.78 is 0. The summed E-state index contributed by atoms with van der Waals surface area (Å²) in [7, 11) is 0. The van der Waals surface area contributed by atoms with Crippen LogP contribution in [0.25, 0.3) is 0 Å².